The van der Waals surface area contributed by atoms with Gasteiger partial charge >= 0.3 is 5.97 Å². The monoisotopic (exact) mass is 457 g/mol. The zero-order valence-electron chi connectivity index (χ0n) is 16.6. The number of esters is 1. The maximum absolute atomic E-state index is 12.7. The van der Waals surface area contributed by atoms with E-state index in [2.05, 4.69) is 29.8 Å². The molecule has 0 bridgehead atoms. The van der Waals surface area contributed by atoms with Gasteiger partial charge in [0.15, 0.2) is 12.4 Å². The molecule has 1 fully saturated rings. The lowest BCUT2D eigenvalue weighted by Gasteiger charge is -2.23. The summed E-state index contributed by atoms with van der Waals surface area (Å²) in [5.74, 6) is -1.41. The molecule has 0 N–H and O–H groups in total. The smallest absolute Gasteiger partial charge is 0.311 e. The van der Waals surface area contributed by atoms with Gasteiger partial charge in [-0.1, -0.05) is 60.1 Å². The second-order valence-corrected chi connectivity index (χ2v) is 7.99. The highest BCUT2D eigenvalue weighted by Gasteiger charge is 2.37. The Hall–Kier alpha value is -2.47. The first-order valence-electron chi connectivity index (χ1n) is 9.81. The molecule has 5 nitrogen and oxygen atoms in total. The average Bonchev–Trinajstić information content (AvgIpc) is 3.12. The molecule has 2 aromatic rings. The average molecular weight is 458 g/mol. The molecule has 3 rings (SSSR count). The van der Waals surface area contributed by atoms with Crippen LogP contribution in [0.2, 0.25) is 0 Å². The van der Waals surface area contributed by atoms with E-state index in [0.717, 1.165) is 34.1 Å². The first-order valence-corrected chi connectivity index (χ1v) is 10.6. The summed E-state index contributed by atoms with van der Waals surface area (Å²) in [6.07, 6.45) is 1.72. The van der Waals surface area contributed by atoms with E-state index in [1.54, 1.807) is 29.2 Å². The first kappa shape index (κ1) is 21.2. The molecule has 1 aliphatic heterocycles. The second-order valence-electron chi connectivity index (χ2n) is 7.08. The Kier molecular flexibility index (Phi) is 6.85. The molecular formula is C23H24BrNO4. The Bertz CT molecular complexity index is 901. The lowest BCUT2D eigenvalue weighted by atomic mass is 10.0. The lowest BCUT2D eigenvalue weighted by Crippen LogP contribution is -2.29. The van der Waals surface area contributed by atoms with Crippen LogP contribution in [0.3, 0.4) is 0 Å². The zero-order chi connectivity index (χ0) is 21.0. The van der Waals surface area contributed by atoms with Crippen LogP contribution in [0.5, 0.6) is 0 Å². The van der Waals surface area contributed by atoms with Crippen LogP contribution in [0.1, 0.15) is 41.8 Å². The van der Waals surface area contributed by atoms with Crippen molar-refractivity contribution in [2.75, 3.05) is 18.1 Å². The molecule has 0 unspecified atom stereocenters. The molecule has 0 spiro atoms. The fourth-order valence-corrected chi connectivity index (χ4v) is 3.88. The van der Waals surface area contributed by atoms with Gasteiger partial charge in [-0.25, -0.2) is 0 Å². The van der Waals surface area contributed by atoms with Crippen molar-refractivity contribution in [3.8, 4) is 0 Å². The van der Waals surface area contributed by atoms with Gasteiger partial charge < -0.3 is 9.64 Å². The summed E-state index contributed by atoms with van der Waals surface area (Å²) < 4.78 is 6.11. The summed E-state index contributed by atoms with van der Waals surface area (Å²) in [7, 11) is 0. The van der Waals surface area contributed by atoms with Gasteiger partial charge in [0, 0.05) is 28.7 Å². The fraction of sp³-hybridized carbons (Fsp3) is 0.348. The standard InChI is InChI=1S/C23H24BrNO4/c1-3-15-6-5-7-16(4-2)22(15)25-13-18(12-21(25)27)23(28)29-14-20(26)17-8-10-19(24)11-9-17/h5-11,18H,3-4,12-14H2,1-2H3/t18-/m1/s1. The predicted octanol–water partition coefficient (Wildman–Crippen LogP) is 4.35. The Morgan fingerprint density at radius 1 is 1.07 bits per heavy atom. The summed E-state index contributed by atoms with van der Waals surface area (Å²) in [6, 6.07) is 12.9. The van der Waals surface area contributed by atoms with E-state index in [9.17, 15) is 14.4 Å². The van der Waals surface area contributed by atoms with Crippen LogP contribution in [-0.4, -0.2) is 30.8 Å². The summed E-state index contributed by atoms with van der Waals surface area (Å²) in [5.41, 5.74) is 3.59. The van der Waals surface area contributed by atoms with Crippen molar-refractivity contribution in [1.29, 1.82) is 0 Å². The number of Topliss-reactive ketones (excluding diaryl/α,β-unsaturated/α-hetero) is 1. The third-order valence-corrected chi connectivity index (χ3v) is 5.73. The van der Waals surface area contributed by atoms with Crippen molar-refractivity contribution in [3.05, 3.63) is 63.6 Å². The molecule has 29 heavy (non-hydrogen) atoms. The zero-order valence-corrected chi connectivity index (χ0v) is 18.2. The van der Waals surface area contributed by atoms with E-state index in [0.29, 0.717) is 5.56 Å². The van der Waals surface area contributed by atoms with E-state index in [-0.39, 0.29) is 31.3 Å². The van der Waals surface area contributed by atoms with E-state index in [4.69, 9.17) is 4.74 Å². The molecule has 152 valence electrons. The number of hydrogen-bond acceptors (Lipinski definition) is 4. The Morgan fingerprint density at radius 2 is 1.69 bits per heavy atom. The SMILES string of the molecule is CCc1cccc(CC)c1N1C[C@H](C(=O)OCC(=O)c2ccc(Br)cc2)CC1=O. The minimum atomic E-state index is -0.560. The number of carbonyl (C=O) groups is 3. The number of halogens is 1. The fourth-order valence-electron chi connectivity index (χ4n) is 3.62. The molecule has 0 aromatic heterocycles. The molecule has 1 saturated heterocycles. The quantitative estimate of drug-likeness (QED) is 0.457. The number of ketones is 1. The van der Waals surface area contributed by atoms with E-state index >= 15 is 0 Å². The van der Waals surface area contributed by atoms with Gasteiger partial charge in [0.1, 0.15) is 0 Å². The second kappa shape index (κ2) is 9.35. The van der Waals surface area contributed by atoms with Crippen LogP contribution >= 0.6 is 15.9 Å². The van der Waals surface area contributed by atoms with Gasteiger partial charge in [-0.3, -0.25) is 14.4 Å². The number of ether oxygens (including phenoxy) is 1. The number of benzene rings is 2. The highest BCUT2D eigenvalue weighted by molar-refractivity contribution is 9.10. The highest BCUT2D eigenvalue weighted by Crippen LogP contribution is 2.32. The van der Waals surface area contributed by atoms with Crippen LogP contribution < -0.4 is 4.90 Å². The van der Waals surface area contributed by atoms with Gasteiger partial charge in [0.25, 0.3) is 0 Å². The van der Waals surface area contributed by atoms with E-state index in [1.807, 2.05) is 18.2 Å². The lowest BCUT2D eigenvalue weighted by molar-refractivity contribution is -0.147. The molecule has 0 saturated carbocycles. The number of amides is 1. The van der Waals surface area contributed by atoms with Gasteiger partial charge in [0.05, 0.1) is 5.92 Å². The molecular weight excluding hydrogens is 434 g/mol. The number of rotatable bonds is 7. The number of hydrogen-bond donors (Lipinski definition) is 0. The maximum atomic E-state index is 12.7. The number of anilines is 1. The molecule has 1 amide bonds. The van der Waals surface area contributed by atoms with Crippen molar-refractivity contribution in [1.82, 2.24) is 0 Å². The third-order valence-electron chi connectivity index (χ3n) is 5.20. The minimum Gasteiger partial charge on any atom is -0.457 e. The third kappa shape index (κ3) is 4.75. The molecule has 0 aliphatic carbocycles. The topological polar surface area (TPSA) is 63.7 Å². The summed E-state index contributed by atoms with van der Waals surface area (Å²) in [6.45, 7) is 4.07. The first-order chi connectivity index (χ1) is 13.9. The van der Waals surface area contributed by atoms with Crippen molar-refractivity contribution in [2.45, 2.75) is 33.1 Å². The van der Waals surface area contributed by atoms with Crippen molar-refractivity contribution in [2.24, 2.45) is 5.92 Å². The highest BCUT2D eigenvalue weighted by atomic mass is 79.9. The van der Waals surface area contributed by atoms with Crippen LogP contribution in [0, 0.1) is 5.92 Å². The summed E-state index contributed by atoms with van der Waals surface area (Å²) in [4.78, 5) is 39.1. The van der Waals surface area contributed by atoms with Gasteiger partial charge in [-0.2, -0.15) is 0 Å². The number of nitrogens with zero attached hydrogens (tertiary/aromatic N) is 1. The number of aryl methyl sites for hydroxylation is 2. The van der Waals surface area contributed by atoms with Crippen LogP contribution in [0.4, 0.5) is 5.69 Å². The van der Waals surface area contributed by atoms with Gasteiger partial charge in [-0.05, 0) is 36.1 Å². The molecule has 6 heteroatoms. The largest absolute Gasteiger partial charge is 0.457 e. The Balaban J connectivity index is 1.66. The predicted molar refractivity (Wildman–Crippen MR) is 115 cm³/mol. The molecule has 1 atom stereocenters. The summed E-state index contributed by atoms with van der Waals surface area (Å²) >= 11 is 3.32. The van der Waals surface area contributed by atoms with Crippen molar-refractivity contribution < 1.29 is 19.1 Å². The van der Waals surface area contributed by atoms with E-state index < -0.39 is 11.9 Å². The molecule has 2 aromatic carbocycles. The number of para-hydroxylation sites is 1. The molecule has 0 radical (unpaired) electrons. The van der Waals surface area contributed by atoms with Crippen molar-refractivity contribution >= 4 is 39.3 Å². The van der Waals surface area contributed by atoms with Gasteiger partial charge in [0.2, 0.25) is 5.91 Å². The molecule has 1 aliphatic rings. The normalized spacial score (nSPS) is 16.2. The van der Waals surface area contributed by atoms with Crippen LogP contribution in [-0.2, 0) is 27.2 Å². The van der Waals surface area contributed by atoms with Crippen LogP contribution in [0.15, 0.2) is 46.9 Å². The minimum absolute atomic E-state index is 0.0817. The Labute approximate surface area is 179 Å². The maximum Gasteiger partial charge on any atom is 0.311 e. The van der Waals surface area contributed by atoms with Crippen molar-refractivity contribution in [3.63, 3.8) is 0 Å². The van der Waals surface area contributed by atoms with Crippen LogP contribution in [0.25, 0.3) is 0 Å². The van der Waals surface area contributed by atoms with Gasteiger partial charge in [-0.15, -0.1) is 0 Å². The summed E-state index contributed by atoms with van der Waals surface area (Å²) in [5, 5.41) is 0. The Morgan fingerprint density at radius 3 is 2.28 bits per heavy atom. The molecule has 1 heterocycles. The number of carbonyl (C=O) groups excluding carboxylic acids is 3. The van der Waals surface area contributed by atoms with E-state index in [1.165, 1.54) is 0 Å².